The molecule has 0 radical (unpaired) electrons. The summed E-state index contributed by atoms with van der Waals surface area (Å²) in [6.07, 6.45) is 0.474. The van der Waals surface area contributed by atoms with Crippen LogP contribution in [0.5, 0.6) is 0 Å². The van der Waals surface area contributed by atoms with Crippen LogP contribution in [-0.4, -0.2) is 25.3 Å². The Morgan fingerprint density at radius 1 is 1.19 bits per heavy atom. The third-order valence-corrected chi connectivity index (χ3v) is 2.81. The smallest absolute Gasteiger partial charge is 0.0726 e. The number of nitrogen functional groups attached to an aromatic ring is 2. The molecule has 88 valence electrons. The first-order valence-electron chi connectivity index (χ1n) is 5.61. The topological polar surface area (TPSA) is 64.5 Å². The van der Waals surface area contributed by atoms with Crippen molar-refractivity contribution in [3.63, 3.8) is 0 Å². The van der Waals surface area contributed by atoms with Gasteiger partial charge >= 0.3 is 0 Å². The third kappa shape index (κ3) is 2.22. The highest BCUT2D eigenvalue weighted by Gasteiger charge is 2.23. The highest BCUT2D eigenvalue weighted by Crippen LogP contribution is 2.27. The molecule has 1 aromatic carbocycles. The number of benzene rings is 1. The van der Waals surface area contributed by atoms with Gasteiger partial charge in [-0.3, -0.25) is 0 Å². The lowest BCUT2D eigenvalue weighted by molar-refractivity contribution is -0.00516. The number of nitrogens with zero attached hydrogens (tertiary/aromatic N) is 1. The Hall–Kier alpha value is -1.42. The van der Waals surface area contributed by atoms with E-state index in [0.29, 0.717) is 5.69 Å². The standard InChI is InChI=1S/C12H19N3O/c1-8-6-15(7-9(2)16-8)12-4-3-10(13)5-11(12)14/h3-5,8-9H,6-7,13-14H2,1-2H3. The summed E-state index contributed by atoms with van der Waals surface area (Å²) in [5, 5.41) is 0. The number of nitrogens with two attached hydrogens (primary N) is 2. The van der Waals surface area contributed by atoms with Gasteiger partial charge in [0.1, 0.15) is 0 Å². The van der Waals surface area contributed by atoms with Crippen LogP contribution >= 0.6 is 0 Å². The van der Waals surface area contributed by atoms with Crippen molar-refractivity contribution >= 4 is 17.1 Å². The maximum atomic E-state index is 5.98. The van der Waals surface area contributed by atoms with Gasteiger partial charge in [-0.05, 0) is 32.0 Å². The molecule has 1 saturated heterocycles. The second-order valence-corrected chi connectivity index (χ2v) is 4.48. The first kappa shape index (κ1) is 11.1. The Labute approximate surface area is 96.2 Å². The highest BCUT2D eigenvalue weighted by molar-refractivity contribution is 5.72. The Balaban J connectivity index is 2.23. The van der Waals surface area contributed by atoms with E-state index in [1.54, 1.807) is 6.07 Å². The van der Waals surface area contributed by atoms with Crippen LogP contribution < -0.4 is 16.4 Å². The van der Waals surface area contributed by atoms with Crippen LogP contribution in [0.4, 0.5) is 17.1 Å². The van der Waals surface area contributed by atoms with Crippen molar-refractivity contribution in [1.82, 2.24) is 0 Å². The van der Waals surface area contributed by atoms with E-state index in [2.05, 4.69) is 18.7 Å². The molecule has 0 aromatic heterocycles. The molecule has 1 heterocycles. The van der Waals surface area contributed by atoms with E-state index in [-0.39, 0.29) is 12.2 Å². The minimum atomic E-state index is 0.237. The average molecular weight is 221 g/mol. The second kappa shape index (κ2) is 4.22. The van der Waals surface area contributed by atoms with Gasteiger partial charge in [0.2, 0.25) is 0 Å². The lowest BCUT2D eigenvalue weighted by Gasteiger charge is -2.37. The van der Waals surface area contributed by atoms with Gasteiger partial charge in [0.25, 0.3) is 0 Å². The van der Waals surface area contributed by atoms with Gasteiger partial charge in [-0.25, -0.2) is 0 Å². The molecule has 0 bridgehead atoms. The predicted molar refractivity (Wildman–Crippen MR) is 67.5 cm³/mol. The van der Waals surface area contributed by atoms with Gasteiger partial charge in [-0.2, -0.15) is 0 Å². The largest absolute Gasteiger partial charge is 0.399 e. The summed E-state index contributed by atoms with van der Waals surface area (Å²) < 4.78 is 5.69. The zero-order valence-corrected chi connectivity index (χ0v) is 9.81. The van der Waals surface area contributed by atoms with Crippen molar-refractivity contribution in [1.29, 1.82) is 0 Å². The monoisotopic (exact) mass is 221 g/mol. The molecule has 1 fully saturated rings. The van der Waals surface area contributed by atoms with E-state index in [4.69, 9.17) is 16.2 Å². The lowest BCUT2D eigenvalue weighted by atomic mass is 10.1. The molecule has 0 spiro atoms. The maximum Gasteiger partial charge on any atom is 0.0726 e. The van der Waals surface area contributed by atoms with E-state index in [9.17, 15) is 0 Å². The third-order valence-electron chi connectivity index (χ3n) is 2.81. The van der Waals surface area contributed by atoms with Gasteiger partial charge in [-0.1, -0.05) is 0 Å². The number of rotatable bonds is 1. The van der Waals surface area contributed by atoms with Gasteiger partial charge in [0.05, 0.1) is 23.6 Å². The van der Waals surface area contributed by atoms with Crippen molar-refractivity contribution in [3.8, 4) is 0 Å². The number of hydrogen-bond donors (Lipinski definition) is 2. The van der Waals surface area contributed by atoms with Gasteiger partial charge in [0, 0.05) is 18.8 Å². The zero-order valence-electron chi connectivity index (χ0n) is 9.81. The molecule has 0 amide bonds. The Bertz CT molecular complexity index is 371. The molecular weight excluding hydrogens is 202 g/mol. The Morgan fingerprint density at radius 2 is 1.81 bits per heavy atom. The van der Waals surface area contributed by atoms with Crippen molar-refractivity contribution in [3.05, 3.63) is 18.2 Å². The molecule has 1 aliphatic rings. The minimum absolute atomic E-state index is 0.237. The van der Waals surface area contributed by atoms with Crippen LogP contribution in [0, 0.1) is 0 Å². The molecule has 0 aliphatic carbocycles. The second-order valence-electron chi connectivity index (χ2n) is 4.48. The van der Waals surface area contributed by atoms with Gasteiger partial charge < -0.3 is 21.1 Å². The summed E-state index contributed by atoms with van der Waals surface area (Å²) in [4.78, 5) is 2.26. The molecule has 0 saturated carbocycles. The molecule has 4 N–H and O–H groups in total. The van der Waals surface area contributed by atoms with Crippen LogP contribution in [0.2, 0.25) is 0 Å². The summed E-state index contributed by atoms with van der Waals surface area (Å²) in [5.74, 6) is 0. The first-order valence-corrected chi connectivity index (χ1v) is 5.61. The molecule has 4 heteroatoms. The summed E-state index contributed by atoms with van der Waals surface area (Å²) >= 11 is 0. The summed E-state index contributed by atoms with van der Waals surface area (Å²) in [5.41, 5.74) is 14.2. The van der Waals surface area contributed by atoms with E-state index < -0.39 is 0 Å². The molecule has 2 atom stereocenters. The summed E-state index contributed by atoms with van der Waals surface area (Å²) in [6, 6.07) is 5.67. The van der Waals surface area contributed by atoms with Crippen molar-refractivity contribution in [2.75, 3.05) is 29.5 Å². The number of ether oxygens (including phenoxy) is 1. The fourth-order valence-corrected chi connectivity index (χ4v) is 2.24. The fourth-order valence-electron chi connectivity index (χ4n) is 2.24. The van der Waals surface area contributed by atoms with E-state index in [1.165, 1.54) is 0 Å². The van der Waals surface area contributed by atoms with Crippen LogP contribution in [0.3, 0.4) is 0 Å². The lowest BCUT2D eigenvalue weighted by Crippen LogP contribution is -2.45. The summed E-state index contributed by atoms with van der Waals surface area (Å²) in [6.45, 7) is 5.91. The number of hydrogen-bond acceptors (Lipinski definition) is 4. The maximum absolute atomic E-state index is 5.98. The van der Waals surface area contributed by atoms with Gasteiger partial charge in [-0.15, -0.1) is 0 Å². The normalized spacial score (nSPS) is 25.8. The highest BCUT2D eigenvalue weighted by atomic mass is 16.5. The molecule has 2 unspecified atom stereocenters. The molecule has 2 rings (SSSR count). The number of morpholine rings is 1. The van der Waals surface area contributed by atoms with Crippen LogP contribution in [0.25, 0.3) is 0 Å². The van der Waals surface area contributed by atoms with Crippen molar-refractivity contribution in [2.45, 2.75) is 26.1 Å². The van der Waals surface area contributed by atoms with E-state index in [0.717, 1.165) is 24.5 Å². The predicted octanol–water partition coefficient (Wildman–Crippen LogP) is 1.46. The van der Waals surface area contributed by atoms with Crippen LogP contribution in [-0.2, 0) is 4.74 Å². The van der Waals surface area contributed by atoms with E-state index in [1.807, 2.05) is 12.1 Å². The molecule has 1 aliphatic heterocycles. The van der Waals surface area contributed by atoms with Crippen LogP contribution in [0.15, 0.2) is 18.2 Å². The molecular formula is C12H19N3O. The zero-order chi connectivity index (χ0) is 11.7. The van der Waals surface area contributed by atoms with Crippen LogP contribution in [0.1, 0.15) is 13.8 Å². The SMILES string of the molecule is CC1CN(c2ccc(N)cc2N)CC(C)O1. The van der Waals surface area contributed by atoms with Gasteiger partial charge in [0.15, 0.2) is 0 Å². The first-order chi connectivity index (χ1) is 7.56. The van der Waals surface area contributed by atoms with Crippen molar-refractivity contribution < 1.29 is 4.74 Å². The Kier molecular flexibility index (Phi) is 2.92. The quantitative estimate of drug-likeness (QED) is 0.705. The molecule has 1 aromatic rings. The average Bonchev–Trinajstić information content (AvgIpc) is 2.15. The van der Waals surface area contributed by atoms with Crippen molar-refractivity contribution in [2.24, 2.45) is 0 Å². The minimum Gasteiger partial charge on any atom is -0.399 e. The fraction of sp³-hybridized carbons (Fsp3) is 0.500. The Morgan fingerprint density at radius 3 is 2.38 bits per heavy atom. The number of anilines is 3. The molecule has 4 nitrogen and oxygen atoms in total. The summed E-state index contributed by atoms with van der Waals surface area (Å²) in [7, 11) is 0. The molecule has 16 heavy (non-hydrogen) atoms. The van der Waals surface area contributed by atoms with E-state index >= 15 is 0 Å².